The second-order valence-corrected chi connectivity index (χ2v) is 0.875. The Bertz CT molecular complexity index is 10.0. The first-order valence-corrected chi connectivity index (χ1v) is 2.09. The van der Waals surface area contributed by atoms with E-state index in [-0.39, 0.29) is 0 Å². The van der Waals surface area contributed by atoms with Gasteiger partial charge < -0.3 is 5.21 Å². The summed E-state index contributed by atoms with van der Waals surface area (Å²) in [5.41, 5.74) is 0. The molecule has 0 fully saturated rings. The highest BCUT2D eigenvalue weighted by Gasteiger charge is 1.61. The molecule has 4 heteroatoms. The van der Waals surface area contributed by atoms with E-state index < -0.39 is 10.0 Å². The Morgan fingerprint density at radius 1 is 2.00 bits per heavy atom. The van der Waals surface area contributed by atoms with Crippen molar-refractivity contribution in [1.82, 2.24) is 5.15 Å². The molecule has 2 N–H and O–H groups in total. The van der Waals surface area contributed by atoms with Gasteiger partial charge in [-0.3, -0.25) is 4.11 Å². The standard InChI is InChI=1S/FH4NOSi/c1-4-2-3/h2-3H,4H2. The average Bonchev–Trinajstić information content (AvgIpc) is 1.37. The predicted molar refractivity (Wildman–Crippen MR) is 14.6 cm³/mol. The molecule has 26 valence electrons. The summed E-state index contributed by atoms with van der Waals surface area (Å²) in [5, 5.41) is 8.71. The lowest BCUT2D eigenvalue weighted by Gasteiger charge is -1.70. The lowest BCUT2D eigenvalue weighted by Crippen LogP contribution is -2.06. The molecule has 0 radical (unpaired) electrons. The van der Waals surface area contributed by atoms with Crippen molar-refractivity contribution in [2.24, 2.45) is 0 Å². The Morgan fingerprint density at radius 3 is 2.25 bits per heavy atom. The van der Waals surface area contributed by atoms with Crippen LogP contribution >= 0.6 is 0 Å². The molecule has 0 aliphatic rings. The van der Waals surface area contributed by atoms with Crippen molar-refractivity contribution < 1.29 is 9.32 Å². The van der Waals surface area contributed by atoms with Gasteiger partial charge in [-0.25, -0.2) is 5.15 Å². The summed E-state index contributed by atoms with van der Waals surface area (Å²) in [6.45, 7) is 0. The Balaban J connectivity index is 1.97. The van der Waals surface area contributed by atoms with Gasteiger partial charge in [0.05, 0.1) is 0 Å². The van der Waals surface area contributed by atoms with Crippen LogP contribution in [-0.4, -0.2) is 15.2 Å². The van der Waals surface area contributed by atoms with E-state index >= 15 is 0 Å². The maximum absolute atomic E-state index is 10.5. The number of rotatable bonds is 1. The zero-order valence-electron chi connectivity index (χ0n) is 2.03. The van der Waals surface area contributed by atoms with Crippen molar-refractivity contribution in [2.45, 2.75) is 0 Å². The summed E-state index contributed by atoms with van der Waals surface area (Å²) in [5.74, 6) is 0. The Hall–Kier alpha value is 0.0669. The smallest absolute Gasteiger partial charge is 0.311 e. The minimum Gasteiger partial charge on any atom is -0.322 e. The molecule has 0 aliphatic heterocycles. The predicted octanol–water partition coefficient (Wildman–Crippen LogP) is -1.07. The molecule has 0 spiro atoms. The summed E-state index contributed by atoms with van der Waals surface area (Å²) >= 11 is 0. The van der Waals surface area contributed by atoms with Crippen molar-refractivity contribution in [3.8, 4) is 0 Å². The van der Waals surface area contributed by atoms with E-state index in [0.29, 0.717) is 0 Å². The van der Waals surface area contributed by atoms with Gasteiger partial charge in [0.25, 0.3) is 0 Å². The van der Waals surface area contributed by atoms with Crippen LogP contribution in [0.25, 0.3) is 0 Å². The largest absolute Gasteiger partial charge is 0.322 e. The molecule has 2 nitrogen and oxygen atoms in total. The van der Waals surface area contributed by atoms with Crippen LogP contribution < -0.4 is 5.15 Å². The van der Waals surface area contributed by atoms with Gasteiger partial charge in [-0.05, 0) is 0 Å². The molecule has 0 aromatic heterocycles. The molecule has 0 atom stereocenters. The minimum absolute atomic E-state index is 1.40. The van der Waals surface area contributed by atoms with E-state index in [1.807, 2.05) is 0 Å². The normalized spacial score (nSPS) is 10.5. The summed E-state index contributed by atoms with van der Waals surface area (Å²) in [6, 6.07) is 0. The molecule has 0 aliphatic carbocycles. The van der Waals surface area contributed by atoms with Crippen molar-refractivity contribution in [1.29, 1.82) is 0 Å². The van der Waals surface area contributed by atoms with Gasteiger partial charge in [0, 0.05) is 0 Å². The van der Waals surface area contributed by atoms with Crippen molar-refractivity contribution in [2.75, 3.05) is 0 Å². The zero-order chi connectivity index (χ0) is 3.41. The Morgan fingerprint density at radius 2 is 2.25 bits per heavy atom. The van der Waals surface area contributed by atoms with Crippen LogP contribution in [0, 0.1) is 0 Å². The quantitative estimate of drug-likeness (QED) is 0.239. The molecule has 0 heterocycles. The lowest BCUT2D eigenvalue weighted by molar-refractivity contribution is 0.238. The topological polar surface area (TPSA) is 32.3 Å². The van der Waals surface area contributed by atoms with Crippen molar-refractivity contribution in [3.63, 3.8) is 0 Å². The van der Waals surface area contributed by atoms with E-state index in [9.17, 15) is 4.11 Å². The third-order valence-corrected chi connectivity index (χ3v) is 0.179. The van der Waals surface area contributed by atoms with E-state index in [4.69, 9.17) is 5.21 Å². The maximum atomic E-state index is 10.5. The SMILES string of the molecule is ON[SiH2]F. The molecule has 0 unspecified atom stereocenters. The second kappa shape index (κ2) is 3.07. The summed E-state index contributed by atoms with van der Waals surface area (Å²) in [4.78, 5) is 0. The molecule has 0 aromatic rings. The van der Waals surface area contributed by atoms with E-state index in [0.717, 1.165) is 0 Å². The number of nitrogens with one attached hydrogen (secondary N) is 1. The highest BCUT2D eigenvalue weighted by Crippen LogP contribution is 1.36. The van der Waals surface area contributed by atoms with Crippen LogP contribution in [0.15, 0.2) is 0 Å². The third kappa shape index (κ3) is 2.07. The van der Waals surface area contributed by atoms with Gasteiger partial charge in [-0.2, -0.15) is 0 Å². The van der Waals surface area contributed by atoms with Crippen LogP contribution in [0.5, 0.6) is 0 Å². The monoisotopic (exact) mass is 81.0 g/mol. The molecule has 0 rings (SSSR count). The second-order valence-electron chi connectivity index (χ2n) is 0.292. The average molecular weight is 81.1 g/mol. The molecule has 0 saturated carbocycles. The summed E-state index contributed by atoms with van der Waals surface area (Å²) < 4.78 is 10.5. The van der Waals surface area contributed by atoms with Gasteiger partial charge in [0.1, 0.15) is 0 Å². The first-order valence-electron chi connectivity index (χ1n) is 0.844. The third-order valence-electron chi connectivity index (χ3n) is 0.0598. The molecular weight excluding hydrogens is 77.1 g/mol. The van der Waals surface area contributed by atoms with Gasteiger partial charge in [-0.1, -0.05) is 0 Å². The number of hydrogen-bond donors (Lipinski definition) is 2. The Kier molecular flexibility index (Phi) is 3.12. The summed E-state index contributed by atoms with van der Waals surface area (Å²) in [6.07, 6.45) is 0. The van der Waals surface area contributed by atoms with E-state index in [2.05, 4.69) is 0 Å². The molecule has 4 heavy (non-hydrogen) atoms. The maximum Gasteiger partial charge on any atom is 0.311 e. The van der Waals surface area contributed by atoms with Crippen molar-refractivity contribution >= 4 is 10.0 Å². The number of halogens is 1. The van der Waals surface area contributed by atoms with Crippen LogP contribution in [0.4, 0.5) is 4.11 Å². The fourth-order valence-corrected chi connectivity index (χ4v) is 0. The Labute approximate surface area is 25.7 Å². The van der Waals surface area contributed by atoms with Crippen molar-refractivity contribution in [3.05, 3.63) is 0 Å². The fourth-order valence-electron chi connectivity index (χ4n) is 0. The van der Waals surface area contributed by atoms with Crippen LogP contribution in [0.2, 0.25) is 0 Å². The van der Waals surface area contributed by atoms with Gasteiger partial charge in [0.2, 0.25) is 0 Å². The summed E-state index contributed by atoms with van der Waals surface area (Å²) in [7, 11) is -1.77. The molecule has 0 amide bonds. The van der Waals surface area contributed by atoms with Crippen LogP contribution in [0.1, 0.15) is 0 Å². The highest BCUT2D eigenvalue weighted by molar-refractivity contribution is 6.21. The number of hydrogen-bond acceptors (Lipinski definition) is 2. The zero-order valence-corrected chi connectivity index (χ0v) is 3.45. The lowest BCUT2D eigenvalue weighted by atomic mass is 13.5. The van der Waals surface area contributed by atoms with E-state index in [1.54, 1.807) is 0 Å². The minimum atomic E-state index is -1.77. The van der Waals surface area contributed by atoms with Crippen LogP contribution in [-0.2, 0) is 0 Å². The highest BCUT2D eigenvalue weighted by atomic mass is 28.3. The molecule has 0 bridgehead atoms. The van der Waals surface area contributed by atoms with Crippen LogP contribution in [0.3, 0.4) is 0 Å². The van der Waals surface area contributed by atoms with Gasteiger partial charge in [0.15, 0.2) is 0 Å². The fraction of sp³-hybridized carbons (Fsp3) is 0. The van der Waals surface area contributed by atoms with Gasteiger partial charge >= 0.3 is 10.0 Å². The van der Waals surface area contributed by atoms with E-state index in [1.165, 1.54) is 5.15 Å². The first kappa shape index (κ1) is 4.07. The first-order chi connectivity index (χ1) is 1.91. The molecule has 0 aromatic carbocycles. The molecular formula is H4FNOSi. The molecule has 0 saturated heterocycles. The van der Waals surface area contributed by atoms with Gasteiger partial charge in [-0.15, -0.1) is 0 Å².